The molecule has 2 atom stereocenters. The van der Waals surface area contributed by atoms with E-state index in [1.165, 1.54) is 0 Å². The molecule has 0 saturated carbocycles. The van der Waals surface area contributed by atoms with Crippen molar-refractivity contribution in [3.05, 3.63) is 0 Å². The molecule has 0 bridgehead atoms. The maximum atomic E-state index is 11.3. The molecule has 1 N–H and O–H groups in total. The minimum atomic E-state index is -0.495. The Hall–Kier alpha value is -0.650. The van der Waals surface area contributed by atoms with Crippen LogP contribution in [0.15, 0.2) is 0 Å². The third kappa shape index (κ3) is 2.05. The zero-order chi connectivity index (χ0) is 9.97. The molecule has 0 spiro atoms. The first-order valence-corrected chi connectivity index (χ1v) is 4.94. The Balaban J connectivity index is 1.97. The average molecular weight is 201 g/mol. The first kappa shape index (κ1) is 9.89. The molecule has 0 amide bonds. The molecule has 2 heterocycles. The van der Waals surface area contributed by atoms with Crippen LogP contribution in [-0.2, 0) is 14.3 Å². The maximum Gasteiger partial charge on any atom is 0.323 e. The van der Waals surface area contributed by atoms with E-state index in [9.17, 15) is 9.90 Å². The fourth-order valence-electron chi connectivity index (χ4n) is 1.92. The van der Waals surface area contributed by atoms with Gasteiger partial charge in [-0.25, -0.2) is 0 Å². The highest BCUT2D eigenvalue weighted by molar-refractivity contribution is 5.77. The number of hydrogen-bond donors (Lipinski definition) is 1. The predicted octanol–water partition coefficient (Wildman–Crippen LogP) is -1.01. The molecule has 14 heavy (non-hydrogen) atoms. The molecule has 0 aromatic rings. The molecule has 0 aliphatic carbocycles. The van der Waals surface area contributed by atoms with Gasteiger partial charge in [-0.2, -0.15) is 0 Å². The predicted molar refractivity (Wildman–Crippen MR) is 47.8 cm³/mol. The van der Waals surface area contributed by atoms with Crippen molar-refractivity contribution in [1.82, 2.24) is 4.90 Å². The Kier molecular flexibility index (Phi) is 3.00. The molecule has 5 nitrogen and oxygen atoms in total. The van der Waals surface area contributed by atoms with Crippen LogP contribution in [0.5, 0.6) is 0 Å². The monoisotopic (exact) mass is 201 g/mol. The lowest BCUT2D eigenvalue weighted by molar-refractivity contribution is -0.142. The molecular formula is C9H15NO4. The fraction of sp³-hybridized carbons (Fsp3) is 0.889. The quantitative estimate of drug-likeness (QED) is 0.551. The van der Waals surface area contributed by atoms with Gasteiger partial charge in [0.15, 0.2) is 0 Å². The van der Waals surface area contributed by atoms with E-state index >= 15 is 0 Å². The summed E-state index contributed by atoms with van der Waals surface area (Å²) in [5.41, 5.74) is 0. The minimum absolute atomic E-state index is 0.167. The number of aliphatic hydroxyl groups excluding tert-OH is 1. The second kappa shape index (κ2) is 4.25. The number of carbonyl (C=O) groups excluding carboxylic acids is 1. The Morgan fingerprint density at radius 1 is 1.43 bits per heavy atom. The Morgan fingerprint density at radius 2 is 2.29 bits per heavy atom. The molecule has 5 heteroatoms. The van der Waals surface area contributed by atoms with Crippen molar-refractivity contribution >= 4 is 5.97 Å². The third-order valence-electron chi connectivity index (χ3n) is 2.63. The minimum Gasteiger partial charge on any atom is -0.464 e. The van der Waals surface area contributed by atoms with Crippen LogP contribution >= 0.6 is 0 Å². The number of cyclic esters (lactones) is 1. The van der Waals surface area contributed by atoms with E-state index in [1.54, 1.807) is 0 Å². The number of aliphatic hydroxyl groups is 1. The van der Waals surface area contributed by atoms with Crippen LogP contribution in [0, 0.1) is 0 Å². The van der Waals surface area contributed by atoms with Crippen LogP contribution in [0.4, 0.5) is 0 Å². The normalized spacial score (nSPS) is 35.4. The number of rotatable bonds is 1. The molecule has 2 aliphatic heterocycles. The van der Waals surface area contributed by atoms with E-state index in [-0.39, 0.29) is 12.0 Å². The summed E-state index contributed by atoms with van der Waals surface area (Å²) in [4.78, 5) is 13.3. The number of β-amino-alcohol motifs (C(OH)–C–C–N with tert-alkyl or cyclic N) is 1. The van der Waals surface area contributed by atoms with Crippen molar-refractivity contribution in [2.24, 2.45) is 0 Å². The van der Waals surface area contributed by atoms with Gasteiger partial charge in [0.2, 0.25) is 0 Å². The molecule has 2 aliphatic rings. The SMILES string of the molecule is O=C1OCCC1N1CCOCC(O)C1. The lowest BCUT2D eigenvalue weighted by Crippen LogP contribution is -2.43. The van der Waals surface area contributed by atoms with Gasteiger partial charge in [0.25, 0.3) is 0 Å². The molecule has 2 unspecified atom stereocenters. The zero-order valence-corrected chi connectivity index (χ0v) is 8.02. The van der Waals surface area contributed by atoms with Gasteiger partial charge in [-0.05, 0) is 0 Å². The van der Waals surface area contributed by atoms with E-state index in [4.69, 9.17) is 9.47 Å². The second-order valence-corrected chi connectivity index (χ2v) is 3.70. The summed E-state index contributed by atoms with van der Waals surface area (Å²) in [6.45, 7) is 2.62. The van der Waals surface area contributed by atoms with E-state index in [2.05, 4.69) is 0 Å². The van der Waals surface area contributed by atoms with Crippen LogP contribution in [-0.4, -0.2) is 61.0 Å². The molecule has 0 aromatic carbocycles. The standard InChI is InChI=1S/C9H15NO4/c11-7-5-10(2-4-13-6-7)8-1-3-14-9(8)12/h7-8,11H,1-6H2. The van der Waals surface area contributed by atoms with Crippen molar-refractivity contribution in [2.45, 2.75) is 18.6 Å². The van der Waals surface area contributed by atoms with Crippen LogP contribution < -0.4 is 0 Å². The summed E-state index contributed by atoms with van der Waals surface area (Å²) in [7, 11) is 0. The Bertz CT molecular complexity index is 221. The number of carbonyl (C=O) groups is 1. The third-order valence-corrected chi connectivity index (χ3v) is 2.63. The summed E-state index contributed by atoms with van der Waals surface area (Å²) in [6.07, 6.45) is 0.233. The lowest BCUT2D eigenvalue weighted by Gasteiger charge is -2.24. The van der Waals surface area contributed by atoms with Gasteiger partial charge in [-0.3, -0.25) is 9.69 Å². The summed E-state index contributed by atoms with van der Waals surface area (Å²) in [5.74, 6) is -0.167. The Labute approximate surface area is 82.6 Å². The highest BCUT2D eigenvalue weighted by Gasteiger charge is 2.33. The molecule has 0 radical (unpaired) electrons. The van der Waals surface area contributed by atoms with Crippen LogP contribution in [0.25, 0.3) is 0 Å². The summed E-state index contributed by atoms with van der Waals surface area (Å²) in [5, 5.41) is 9.49. The van der Waals surface area contributed by atoms with Crippen molar-refractivity contribution in [2.75, 3.05) is 32.9 Å². The van der Waals surface area contributed by atoms with Gasteiger partial charge in [-0.15, -0.1) is 0 Å². The number of nitrogens with zero attached hydrogens (tertiary/aromatic N) is 1. The zero-order valence-electron chi connectivity index (χ0n) is 8.02. The van der Waals surface area contributed by atoms with Gasteiger partial charge in [0, 0.05) is 19.5 Å². The van der Waals surface area contributed by atoms with Crippen LogP contribution in [0.3, 0.4) is 0 Å². The van der Waals surface area contributed by atoms with E-state index in [0.717, 1.165) is 6.42 Å². The fourth-order valence-corrected chi connectivity index (χ4v) is 1.92. The molecule has 0 aromatic heterocycles. The van der Waals surface area contributed by atoms with Gasteiger partial charge >= 0.3 is 5.97 Å². The van der Waals surface area contributed by atoms with E-state index in [0.29, 0.717) is 32.9 Å². The van der Waals surface area contributed by atoms with E-state index in [1.807, 2.05) is 4.90 Å². The van der Waals surface area contributed by atoms with Gasteiger partial charge in [0.1, 0.15) is 6.04 Å². The van der Waals surface area contributed by atoms with Crippen molar-refractivity contribution in [1.29, 1.82) is 0 Å². The maximum absolute atomic E-state index is 11.3. The average Bonchev–Trinajstić information content (AvgIpc) is 2.45. The van der Waals surface area contributed by atoms with Crippen LogP contribution in [0.1, 0.15) is 6.42 Å². The van der Waals surface area contributed by atoms with Crippen LogP contribution in [0.2, 0.25) is 0 Å². The molecule has 2 saturated heterocycles. The van der Waals surface area contributed by atoms with Crippen molar-refractivity contribution in [3.63, 3.8) is 0 Å². The topological polar surface area (TPSA) is 59.0 Å². The second-order valence-electron chi connectivity index (χ2n) is 3.70. The van der Waals surface area contributed by atoms with Crippen molar-refractivity contribution < 1.29 is 19.4 Å². The largest absolute Gasteiger partial charge is 0.464 e. The number of hydrogen-bond acceptors (Lipinski definition) is 5. The molecule has 80 valence electrons. The highest BCUT2D eigenvalue weighted by Crippen LogP contribution is 2.15. The van der Waals surface area contributed by atoms with Gasteiger partial charge in [-0.1, -0.05) is 0 Å². The first-order chi connectivity index (χ1) is 6.77. The number of esters is 1. The van der Waals surface area contributed by atoms with Gasteiger partial charge < -0.3 is 14.6 Å². The van der Waals surface area contributed by atoms with Gasteiger partial charge in [0.05, 0.1) is 25.9 Å². The molecule has 2 rings (SSSR count). The summed E-state index contributed by atoms with van der Waals surface area (Å²) in [6, 6.07) is -0.175. The Morgan fingerprint density at radius 3 is 3.00 bits per heavy atom. The summed E-state index contributed by atoms with van der Waals surface area (Å²) >= 11 is 0. The number of ether oxygens (including phenoxy) is 2. The molecule has 2 fully saturated rings. The lowest BCUT2D eigenvalue weighted by atomic mass is 10.2. The molecular weight excluding hydrogens is 186 g/mol. The first-order valence-electron chi connectivity index (χ1n) is 4.94. The smallest absolute Gasteiger partial charge is 0.323 e. The highest BCUT2D eigenvalue weighted by atomic mass is 16.5. The van der Waals surface area contributed by atoms with E-state index < -0.39 is 6.10 Å². The summed E-state index contributed by atoms with van der Waals surface area (Å²) < 4.78 is 10.1. The van der Waals surface area contributed by atoms with Crippen molar-refractivity contribution in [3.8, 4) is 0 Å².